The Morgan fingerprint density at radius 1 is 1.40 bits per heavy atom. The fourth-order valence-corrected chi connectivity index (χ4v) is 2.97. The van der Waals surface area contributed by atoms with Gasteiger partial charge in [-0.25, -0.2) is 0 Å². The molecule has 0 saturated heterocycles. The molecule has 1 nitrogen and oxygen atoms in total. The summed E-state index contributed by atoms with van der Waals surface area (Å²) in [5.41, 5.74) is 1.90. The predicted molar refractivity (Wildman–Crippen MR) is 62.7 cm³/mol. The van der Waals surface area contributed by atoms with E-state index in [-0.39, 0.29) is 0 Å². The SMILES string of the molecule is CCC1(O)c2ccccc2CC1C(C)C. The van der Waals surface area contributed by atoms with Crippen LogP contribution in [0.4, 0.5) is 0 Å². The highest BCUT2D eigenvalue weighted by molar-refractivity contribution is 5.38. The van der Waals surface area contributed by atoms with Gasteiger partial charge in [0, 0.05) is 0 Å². The first-order chi connectivity index (χ1) is 7.09. The highest BCUT2D eigenvalue weighted by Gasteiger charge is 2.44. The quantitative estimate of drug-likeness (QED) is 0.784. The van der Waals surface area contributed by atoms with E-state index in [0.29, 0.717) is 11.8 Å². The topological polar surface area (TPSA) is 20.2 Å². The van der Waals surface area contributed by atoms with Gasteiger partial charge in [-0.1, -0.05) is 45.0 Å². The van der Waals surface area contributed by atoms with E-state index in [9.17, 15) is 5.11 Å². The molecule has 0 radical (unpaired) electrons. The molecule has 0 fully saturated rings. The van der Waals surface area contributed by atoms with Crippen LogP contribution in [0, 0.1) is 11.8 Å². The maximum Gasteiger partial charge on any atom is 0.0930 e. The maximum atomic E-state index is 10.8. The fourth-order valence-electron chi connectivity index (χ4n) is 2.97. The van der Waals surface area contributed by atoms with Crippen LogP contribution in [0.1, 0.15) is 38.3 Å². The molecule has 1 aliphatic carbocycles. The lowest BCUT2D eigenvalue weighted by atomic mass is 9.78. The van der Waals surface area contributed by atoms with Gasteiger partial charge in [0.25, 0.3) is 0 Å². The zero-order valence-electron chi connectivity index (χ0n) is 9.83. The average molecular weight is 204 g/mol. The smallest absolute Gasteiger partial charge is 0.0930 e. The molecule has 15 heavy (non-hydrogen) atoms. The third-order valence-corrected chi connectivity index (χ3v) is 3.88. The van der Waals surface area contributed by atoms with Crippen molar-refractivity contribution in [3.63, 3.8) is 0 Å². The molecule has 1 heteroatoms. The van der Waals surface area contributed by atoms with E-state index in [1.54, 1.807) is 0 Å². The first kappa shape index (κ1) is 10.7. The lowest BCUT2D eigenvalue weighted by Crippen LogP contribution is -2.33. The third kappa shape index (κ3) is 1.50. The van der Waals surface area contributed by atoms with E-state index < -0.39 is 5.60 Å². The van der Waals surface area contributed by atoms with Gasteiger partial charge in [0.15, 0.2) is 0 Å². The maximum absolute atomic E-state index is 10.8. The Morgan fingerprint density at radius 3 is 2.67 bits per heavy atom. The summed E-state index contributed by atoms with van der Waals surface area (Å²) >= 11 is 0. The lowest BCUT2D eigenvalue weighted by Gasteiger charge is -2.32. The number of benzene rings is 1. The predicted octanol–water partition coefficient (Wildman–Crippen LogP) is 3.11. The van der Waals surface area contributed by atoms with Crippen molar-refractivity contribution in [2.75, 3.05) is 0 Å². The zero-order chi connectivity index (χ0) is 11.1. The Kier molecular flexibility index (Phi) is 2.59. The average Bonchev–Trinajstić information content (AvgIpc) is 2.54. The summed E-state index contributed by atoms with van der Waals surface area (Å²) in [5.74, 6) is 0.905. The van der Waals surface area contributed by atoms with Gasteiger partial charge >= 0.3 is 0 Å². The number of fused-ring (bicyclic) bond motifs is 1. The van der Waals surface area contributed by atoms with Gasteiger partial charge < -0.3 is 5.11 Å². The third-order valence-electron chi connectivity index (χ3n) is 3.88. The Bertz CT molecular complexity index is 356. The number of rotatable bonds is 2. The monoisotopic (exact) mass is 204 g/mol. The number of hydrogen-bond donors (Lipinski definition) is 1. The van der Waals surface area contributed by atoms with Gasteiger partial charge in [0.05, 0.1) is 5.60 Å². The van der Waals surface area contributed by atoms with Crippen molar-refractivity contribution in [2.45, 2.75) is 39.2 Å². The highest BCUT2D eigenvalue weighted by Crippen LogP contribution is 2.46. The van der Waals surface area contributed by atoms with Crippen molar-refractivity contribution in [3.8, 4) is 0 Å². The zero-order valence-corrected chi connectivity index (χ0v) is 9.83. The molecule has 1 aliphatic rings. The van der Waals surface area contributed by atoms with Crippen molar-refractivity contribution in [1.29, 1.82) is 0 Å². The summed E-state index contributed by atoms with van der Waals surface area (Å²) in [6.07, 6.45) is 1.84. The molecule has 0 spiro atoms. The first-order valence-corrected chi connectivity index (χ1v) is 5.90. The summed E-state index contributed by atoms with van der Waals surface area (Å²) < 4.78 is 0. The minimum Gasteiger partial charge on any atom is -0.385 e. The van der Waals surface area contributed by atoms with Gasteiger partial charge in [-0.2, -0.15) is 0 Å². The van der Waals surface area contributed by atoms with Crippen LogP contribution in [-0.4, -0.2) is 5.11 Å². The molecule has 0 bridgehead atoms. The summed E-state index contributed by atoms with van der Waals surface area (Å²) in [4.78, 5) is 0. The molecular weight excluding hydrogens is 184 g/mol. The first-order valence-electron chi connectivity index (χ1n) is 5.90. The molecule has 2 unspecified atom stereocenters. The molecule has 1 aromatic rings. The van der Waals surface area contributed by atoms with E-state index in [1.165, 1.54) is 5.56 Å². The Labute approximate surface area is 92.1 Å². The normalized spacial score (nSPS) is 29.5. The van der Waals surface area contributed by atoms with Crippen LogP contribution in [0.25, 0.3) is 0 Å². The Morgan fingerprint density at radius 2 is 2.07 bits per heavy atom. The second kappa shape index (κ2) is 3.64. The molecule has 0 saturated carbocycles. The Balaban J connectivity index is 2.47. The molecule has 2 atom stereocenters. The molecular formula is C14H20O. The largest absolute Gasteiger partial charge is 0.385 e. The summed E-state index contributed by atoms with van der Waals surface area (Å²) in [6.45, 7) is 6.49. The second-order valence-corrected chi connectivity index (χ2v) is 4.99. The second-order valence-electron chi connectivity index (χ2n) is 4.99. The van der Waals surface area contributed by atoms with Crippen LogP contribution in [0.2, 0.25) is 0 Å². The van der Waals surface area contributed by atoms with Crippen LogP contribution in [-0.2, 0) is 12.0 Å². The van der Waals surface area contributed by atoms with Crippen LogP contribution in [0.3, 0.4) is 0 Å². The molecule has 82 valence electrons. The minimum atomic E-state index is -0.592. The van der Waals surface area contributed by atoms with E-state index in [0.717, 1.165) is 18.4 Å². The van der Waals surface area contributed by atoms with Gasteiger partial charge in [-0.05, 0) is 35.8 Å². The molecule has 0 aromatic heterocycles. The van der Waals surface area contributed by atoms with Crippen molar-refractivity contribution < 1.29 is 5.11 Å². The van der Waals surface area contributed by atoms with E-state index in [4.69, 9.17) is 0 Å². The lowest BCUT2D eigenvalue weighted by molar-refractivity contribution is -0.0330. The summed E-state index contributed by atoms with van der Waals surface area (Å²) in [7, 11) is 0. The molecule has 0 heterocycles. The van der Waals surface area contributed by atoms with Gasteiger partial charge in [-0.3, -0.25) is 0 Å². The van der Waals surface area contributed by atoms with E-state index in [2.05, 4.69) is 39.0 Å². The van der Waals surface area contributed by atoms with Crippen molar-refractivity contribution in [3.05, 3.63) is 35.4 Å². The number of aliphatic hydroxyl groups is 1. The minimum absolute atomic E-state index is 0.375. The van der Waals surface area contributed by atoms with E-state index in [1.807, 2.05) is 6.07 Å². The molecule has 1 N–H and O–H groups in total. The number of hydrogen-bond acceptors (Lipinski definition) is 1. The van der Waals surface area contributed by atoms with Crippen molar-refractivity contribution in [1.82, 2.24) is 0 Å². The Hall–Kier alpha value is -0.820. The van der Waals surface area contributed by atoms with Gasteiger partial charge in [0.2, 0.25) is 0 Å². The van der Waals surface area contributed by atoms with Crippen LogP contribution in [0.15, 0.2) is 24.3 Å². The summed E-state index contributed by atoms with van der Waals surface area (Å²) in [6, 6.07) is 8.33. The molecule has 0 aliphatic heterocycles. The van der Waals surface area contributed by atoms with Gasteiger partial charge in [0.1, 0.15) is 0 Å². The van der Waals surface area contributed by atoms with Crippen molar-refractivity contribution in [2.24, 2.45) is 11.8 Å². The standard InChI is InChI=1S/C14H20O/c1-4-14(15)12-8-6-5-7-11(12)9-13(14)10(2)3/h5-8,10,13,15H,4,9H2,1-3H3. The van der Waals surface area contributed by atoms with Crippen molar-refractivity contribution >= 4 is 0 Å². The van der Waals surface area contributed by atoms with Crippen LogP contribution in [0.5, 0.6) is 0 Å². The molecule has 1 aromatic carbocycles. The van der Waals surface area contributed by atoms with Crippen LogP contribution >= 0.6 is 0 Å². The fraction of sp³-hybridized carbons (Fsp3) is 0.571. The molecule has 0 amide bonds. The summed E-state index contributed by atoms with van der Waals surface area (Å²) in [5, 5.41) is 10.8. The highest BCUT2D eigenvalue weighted by atomic mass is 16.3. The van der Waals surface area contributed by atoms with Gasteiger partial charge in [-0.15, -0.1) is 0 Å². The molecule has 2 rings (SSSR count). The van der Waals surface area contributed by atoms with E-state index >= 15 is 0 Å². The van der Waals surface area contributed by atoms with Crippen LogP contribution < -0.4 is 0 Å².